The molecule has 3 aromatic carbocycles. The van der Waals surface area contributed by atoms with Crippen LogP contribution in [0.3, 0.4) is 0 Å². The van der Waals surface area contributed by atoms with Gasteiger partial charge in [-0.15, -0.1) is 0 Å². The molecule has 2 heterocycles. The third-order valence-corrected chi connectivity index (χ3v) is 7.14. The fourth-order valence-electron chi connectivity index (χ4n) is 4.79. The molecule has 2 aliphatic heterocycles. The Kier molecular flexibility index (Phi) is 8.05. The second kappa shape index (κ2) is 11.2. The Bertz CT molecular complexity index is 1190. The maximum absolute atomic E-state index is 13.6. The van der Waals surface area contributed by atoms with Crippen molar-refractivity contribution in [1.29, 1.82) is 0 Å². The van der Waals surface area contributed by atoms with Gasteiger partial charge in [0.1, 0.15) is 5.82 Å². The van der Waals surface area contributed by atoms with Crippen molar-refractivity contribution in [2.24, 2.45) is 0 Å². The van der Waals surface area contributed by atoms with Gasteiger partial charge in [-0.2, -0.15) is 0 Å². The van der Waals surface area contributed by atoms with Crippen molar-refractivity contribution in [3.8, 4) is 23.0 Å². The first-order valence-electron chi connectivity index (χ1n) is 11.3. The van der Waals surface area contributed by atoms with Crippen molar-refractivity contribution >= 4 is 12.0 Å². The summed E-state index contributed by atoms with van der Waals surface area (Å²) in [6, 6.07) is 15.0. The fraction of sp³-hybridized carbons (Fsp3) is 0.333. The number of aliphatic hydroxyl groups is 1. The summed E-state index contributed by atoms with van der Waals surface area (Å²) in [5, 5.41) is 7.00. The highest BCUT2D eigenvalue weighted by Gasteiger charge is 2.35. The summed E-state index contributed by atoms with van der Waals surface area (Å²) in [4.78, 5) is 3.19. The molecule has 8 heteroatoms. The number of hydrogen-bond acceptors (Lipinski definition) is 7. The van der Waals surface area contributed by atoms with E-state index in [2.05, 4.69) is 23.1 Å². The predicted molar refractivity (Wildman–Crippen MR) is 134 cm³/mol. The van der Waals surface area contributed by atoms with Crippen molar-refractivity contribution in [2.75, 3.05) is 35.0 Å². The number of nitrogens with zero attached hydrogens (tertiary/aromatic N) is 1. The highest BCUT2D eigenvalue weighted by molar-refractivity contribution is 7.95. The van der Waals surface area contributed by atoms with Gasteiger partial charge in [0.15, 0.2) is 23.0 Å². The molecule has 0 amide bonds. The summed E-state index contributed by atoms with van der Waals surface area (Å²) in [6.07, 6.45) is 1.81. The molecule has 3 aromatic rings. The zero-order chi connectivity index (χ0) is 24.9. The maximum atomic E-state index is 13.6. The van der Waals surface area contributed by atoms with Crippen molar-refractivity contribution in [2.45, 2.75) is 30.3 Å². The minimum absolute atomic E-state index is 0.262. The Balaban J connectivity index is 0.00000141. The number of rotatable bonds is 6. The van der Waals surface area contributed by atoms with E-state index in [-0.39, 0.29) is 11.9 Å². The smallest absolute Gasteiger partial charge is 0.184 e. The van der Waals surface area contributed by atoms with Crippen molar-refractivity contribution < 1.29 is 27.9 Å². The topological polar surface area (TPSA) is 60.4 Å². The molecule has 1 unspecified atom stereocenters. The summed E-state index contributed by atoms with van der Waals surface area (Å²) in [5.74, 6) is 2.64. The number of fused-ring (bicyclic) bond motifs is 4. The van der Waals surface area contributed by atoms with Gasteiger partial charge in [-0.25, -0.2) is 4.39 Å². The number of benzene rings is 3. The van der Waals surface area contributed by atoms with E-state index in [1.165, 1.54) is 28.8 Å². The van der Waals surface area contributed by atoms with E-state index < -0.39 is 0 Å². The normalized spacial score (nSPS) is 16.1. The van der Waals surface area contributed by atoms with Crippen LogP contribution in [0.25, 0.3) is 0 Å². The van der Waals surface area contributed by atoms with Crippen LogP contribution >= 0.6 is 12.0 Å². The van der Waals surface area contributed by atoms with Crippen LogP contribution in [0, 0.1) is 5.82 Å². The largest absolute Gasteiger partial charge is 0.493 e. The third-order valence-electron chi connectivity index (χ3n) is 6.45. The lowest BCUT2D eigenvalue weighted by Gasteiger charge is -2.42. The molecule has 0 aliphatic carbocycles. The molecule has 1 atom stereocenters. The number of aliphatic hydroxyl groups excluding tert-OH is 1. The van der Waals surface area contributed by atoms with Crippen LogP contribution < -0.4 is 18.4 Å². The molecule has 0 saturated carbocycles. The Labute approximate surface area is 209 Å². The number of methoxy groups -OCH3 is 3. The molecule has 186 valence electrons. The van der Waals surface area contributed by atoms with Crippen molar-refractivity contribution in [3.63, 3.8) is 0 Å². The second-order valence-corrected chi connectivity index (χ2v) is 9.01. The van der Waals surface area contributed by atoms with Gasteiger partial charge in [-0.3, -0.25) is 4.90 Å². The first kappa shape index (κ1) is 25.2. The molecule has 0 radical (unpaired) electrons. The first-order chi connectivity index (χ1) is 17.1. The molecule has 0 bridgehead atoms. The monoisotopic (exact) mass is 499 g/mol. The standard InChI is InChI=1S/C26H26FNO4S.CH4O/c1-29-23-8-7-16-11-22-20-14-25(31-3)24(30-2)12-17(20)9-10-28(22)15-21(16)26(23)32-33-19-6-4-5-18(27)13-19;1-2/h4-8,12-14,22H,9-11,15H2,1-3H3;2H,1H3. The molecule has 5 rings (SSSR count). The van der Waals surface area contributed by atoms with Gasteiger partial charge in [0.05, 0.1) is 38.3 Å². The average Bonchev–Trinajstić information content (AvgIpc) is 2.90. The Morgan fingerprint density at radius 3 is 2.37 bits per heavy atom. The lowest BCUT2D eigenvalue weighted by molar-refractivity contribution is 0.158. The van der Waals surface area contributed by atoms with E-state index in [0.717, 1.165) is 62.1 Å². The molecule has 0 spiro atoms. The molecule has 35 heavy (non-hydrogen) atoms. The summed E-state index contributed by atoms with van der Waals surface area (Å²) in [7, 11) is 5.99. The lowest BCUT2D eigenvalue weighted by Crippen LogP contribution is -2.39. The minimum Gasteiger partial charge on any atom is -0.493 e. The van der Waals surface area contributed by atoms with Crippen LogP contribution in [-0.2, 0) is 19.4 Å². The van der Waals surface area contributed by atoms with E-state index in [1.807, 2.05) is 12.1 Å². The van der Waals surface area contributed by atoms with E-state index in [4.69, 9.17) is 23.5 Å². The number of halogens is 1. The zero-order valence-corrected chi connectivity index (χ0v) is 21.2. The van der Waals surface area contributed by atoms with Gasteiger partial charge in [-0.1, -0.05) is 12.1 Å². The average molecular weight is 500 g/mol. The summed E-state index contributed by atoms with van der Waals surface area (Å²) in [6.45, 7) is 1.70. The Morgan fingerprint density at radius 2 is 1.66 bits per heavy atom. The van der Waals surface area contributed by atoms with Crippen LogP contribution in [0.4, 0.5) is 4.39 Å². The van der Waals surface area contributed by atoms with Crippen LogP contribution in [0.15, 0.2) is 53.4 Å². The Morgan fingerprint density at radius 1 is 0.914 bits per heavy atom. The van der Waals surface area contributed by atoms with Crippen LogP contribution in [-0.4, -0.2) is 45.0 Å². The van der Waals surface area contributed by atoms with Crippen molar-refractivity contribution in [3.05, 3.63) is 76.6 Å². The van der Waals surface area contributed by atoms with Crippen LogP contribution in [0.5, 0.6) is 23.0 Å². The van der Waals surface area contributed by atoms with Gasteiger partial charge >= 0.3 is 0 Å². The summed E-state index contributed by atoms with van der Waals surface area (Å²) in [5.41, 5.74) is 4.95. The van der Waals surface area contributed by atoms with E-state index in [0.29, 0.717) is 16.4 Å². The van der Waals surface area contributed by atoms with Gasteiger partial charge < -0.3 is 23.5 Å². The molecular weight excluding hydrogens is 469 g/mol. The first-order valence-corrected chi connectivity index (χ1v) is 12.1. The summed E-state index contributed by atoms with van der Waals surface area (Å²) < 4.78 is 36.4. The molecular formula is C27H30FNO5S. The van der Waals surface area contributed by atoms with Crippen molar-refractivity contribution in [1.82, 2.24) is 4.90 Å². The highest BCUT2D eigenvalue weighted by Crippen LogP contribution is 2.46. The molecule has 6 nitrogen and oxygen atoms in total. The van der Waals surface area contributed by atoms with E-state index in [1.54, 1.807) is 27.4 Å². The quantitative estimate of drug-likeness (QED) is 0.468. The SMILES string of the molecule is CO.COc1cc2c(cc1OC)C1Cc3ccc(OC)c(OSc4cccc(F)c4)c3CN1CC2. The lowest BCUT2D eigenvalue weighted by atomic mass is 9.83. The molecule has 0 saturated heterocycles. The minimum atomic E-state index is -0.285. The molecule has 0 aromatic heterocycles. The molecule has 2 aliphatic rings. The number of hydrogen-bond donors (Lipinski definition) is 1. The Hall–Kier alpha value is -2.94. The maximum Gasteiger partial charge on any atom is 0.184 e. The highest BCUT2D eigenvalue weighted by atomic mass is 32.2. The number of ether oxygens (including phenoxy) is 3. The zero-order valence-electron chi connectivity index (χ0n) is 20.3. The molecule has 1 N–H and O–H groups in total. The molecule has 0 fully saturated rings. The van der Waals surface area contributed by atoms with Gasteiger partial charge in [0, 0.05) is 31.8 Å². The van der Waals surface area contributed by atoms with E-state index >= 15 is 0 Å². The van der Waals surface area contributed by atoms with Crippen LogP contribution in [0.2, 0.25) is 0 Å². The second-order valence-electron chi connectivity index (χ2n) is 8.21. The van der Waals surface area contributed by atoms with E-state index in [9.17, 15) is 4.39 Å². The summed E-state index contributed by atoms with van der Waals surface area (Å²) >= 11 is 1.15. The van der Waals surface area contributed by atoms with Gasteiger partial charge in [0.2, 0.25) is 0 Å². The fourth-order valence-corrected chi connectivity index (χ4v) is 5.45. The van der Waals surface area contributed by atoms with Gasteiger partial charge in [0.25, 0.3) is 0 Å². The predicted octanol–water partition coefficient (Wildman–Crippen LogP) is 5.20. The van der Waals surface area contributed by atoms with Crippen LogP contribution in [0.1, 0.15) is 28.3 Å². The third kappa shape index (κ3) is 5.05. The van der Waals surface area contributed by atoms with Gasteiger partial charge in [-0.05, 0) is 65.9 Å².